The van der Waals surface area contributed by atoms with E-state index in [0.717, 1.165) is 5.56 Å². The highest BCUT2D eigenvalue weighted by atomic mass is 16.6. The van der Waals surface area contributed by atoms with Gasteiger partial charge in [0.1, 0.15) is 13.2 Å². The number of hydrogen-bond donors (Lipinski definition) is 1. The van der Waals surface area contributed by atoms with Gasteiger partial charge in [-0.25, -0.2) is 4.98 Å². The van der Waals surface area contributed by atoms with Gasteiger partial charge < -0.3 is 24.3 Å². The molecule has 0 spiro atoms. The highest BCUT2D eigenvalue weighted by Gasteiger charge is 2.20. The zero-order valence-corrected chi connectivity index (χ0v) is 18.0. The highest BCUT2D eigenvalue weighted by Crippen LogP contribution is 2.34. The van der Waals surface area contributed by atoms with Crippen molar-refractivity contribution in [1.29, 1.82) is 0 Å². The molecule has 0 unspecified atom stereocenters. The predicted molar refractivity (Wildman–Crippen MR) is 120 cm³/mol. The molecule has 1 aliphatic rings. The monoisotopic (exact) mass is 434 g/mol. The van der Waals surface area contributed by atoms with Crippen LogP contribution in [0.4, 0.5) is 5.69 Å². The molecule has 1 N–H and O–H groups in total. The molecule has 0 saturated heterocycles. The Morgan fingerprint density at radius 1 is 1.16 bits per heavy atom. The van der Waals surface area contributed by atoms with E-state index < -0.39 is 0 Å². The first kappa shape index (κ1) is 21.4. The van der Waals surface area contributed by atoms with Crippen molar-refractivity contribution in [3.05, 3.63) is 72.3 Å². The van der Waals surface area contributed by atoms with Gasteiger partial charge in [-0.2, -0.15) is 0 Å². The third-order valence-corrected chi connectivity index (χ3v) is 5.23. The summed E-state index contributed by atoms with van der Waals surface area (Å²) in [6.45, 7) is 4.43. The Bertz CT molecular complexity index is 1080. The van der Waals surface area contributed by atoms with E-state index in [1.807, 2.05) is 35.9 Å². The van der Waals surface area contributed by atoms with Crippen LogP contribution in [0.1, 0.15) is 29.3 Å². The van der Waals surface area contributed by atoms with Crippen molar-refractivity contribution in [2.75, 3.05) is 25.1 Å². The van der Waals surface area contributed by atoms with Crippen LogP contribution >= 0.6 is 0 Å². The molecule has 0 fully saturated rings. The molecule has 166 valence electrons. The molecule has 2 aromatic carbocycles. The van der Waals surface area contributed by atoms with E-state index in [2.05, 4.69) is 10.3 Å². The average Bonchev–Trinajstić information content (AvgIpc) is 3.35. The maximum Gasteiger partial charge on any atom is 0.254 e. The Kier molecular flexibility index (Phi) is 6.69. The summed E-state index contributed by atoms with van der Waals surface area (Å²) < 4.78 is 13.3. The third kappa shape index (κ3) is 5.08. The Morgan fingerprint density at radius 3 is 2.81 bits per heavy atom. The Balaban J connectivity index is 1.42. The zero-order chi connectivity index (χ0) is 22.3. The van der Waals surface area contributed by atoms with Crippen molar-refractivity contribution < 1.29 is 19.1 Å². The summed E-state index contributed by atoms with van der Waals surface area (Å²) in [4.78, 5) is 31.2. The summed E-state index contributed by atoms with van der Waals surface area (Å²) in [5, 5.41) is 2.87. The minimum absolute atomic E-state index is 0.114. The van der Waals surface area contributed by atoms with Gasteiger partial charge in [0.2, 0.25) is 5.91 Å². The summed E-state index contributed by atoms with van der Waals surface area (Å²) in [5.41, 5.74) is 2.01. The molecular formula is C24H26N4O4. The molecule has 3 aromatic rings. The second-order valence-electron chi connectivity index (χ2n) is 7.44. The summed E-state index contributed by atoms with van der Waals surface area (Å²) in [6.07, 6.45) is 5.48. The maximum atomic E-state index is 13.2. The first-order chi connectivity index (χ1) is 15.6. The third-order valence-electron chi connectivity index (χ3n) is 5.23. The molecule has 1 aliphatic heterocycles. The van der Waals surface area contributed by atoms with E-state index in [0.29, 0.717) is 62.0 Å². The number of nitrogens with one attached hydrogen (secondary N) is 1. The standard InChI is InChI=1S/C24H26N4O4/c1-2-28(16-19-6-4-8-21-23(19)32-14-13-31-21)24(30)18-5-3-7-20(15-18)26-22(29)9-11-27-12-10-25-17-27/h3-8,10,12,15,17H,2,9,11,13-14,16H2,1H3,(H,26,29). The second-order valence-corrected chi connectivity index (χ2v) is 7.44. The van der Waals surface area contributed by atoms with Gasteiger partial charge >= 0.3 is 0 Å². The van der Waals surface area contributed by atoms with Gasteiger partial charge in [0, 0.05) is 55.3 Å². The Morgan fingerprint density at radius 2 is 2.00 bits per heavy atom. The van der Waals surface area contributed by atoms with Gasteiger partial charge in [-0.1, -0.05) is 18.2 Å². The topological polar surface area (TPSA) is 85.7 Å². The Hall–Kier alpha value is -3.81. The number of rotatable bonds is 8. The average molecular weight is 434 g/mol. The van der Waals surface area contributed by atoms with Crippen molar-refractivity contribution in [1.82, 2.24) is 14.5 Å². The lowest BCUT2D eigenvalue weighted by atomic mass is 10.1. The molecule has 8 nitrogen and oxygen atoms in total. The molecule has 0 saturated carbocycles. The largest absolute Gasteiger partial charge is 0.486 e. The molecule has 8 heteroatoms. The van der Waals surface area contributed by atoms with E-state index in [1.54, 1.807) is 41.7 Å². The van der Waals surface area contributed by atoms with Gasteiger partial charge in [0.05, 0.1) is 6.33 Å². The molecule has 32 heavy (non-hydrogen) atoms. The number of aromatic nitrogens is 2. The fourth-order valence-electron chi connectivity index (χ4n) is 3.58. The van der Waals surface area contributed by atoms with Crippen LogP contribution < -0.4 is 14.8 Å². The Labute approximate surface area is 186 Å². The molecule has 0 bridgehead atoms. The number of aryl methyl sites for hydroxylation is 1. The van der Waals surface area contributed by atoms with Gasteiger partial charge in [-0.3, -0.25) is 9.59 Å². The highest BCUT2D eigenvalue weighted by molar-refractivity contribution is 5.97. The lowest BCUT2D eigenvalue weighted by Crippen LogP contribution is -2.31. The number of amides is 2. The molecule has 1 aromatic heterocycles. The number of carbonyl (C=O) groups excluding carboxylic acids is 2. The molecule has 2 heterocycles. The van der Waals surface area contributed by atoms with Crippen molar-refractivity contribution in [3.63, 3.8) is 0 Å². The van der Waals surface area contributed by atoms with Crippen LogP contribution in [0.5, 0.6) is 11.5 Å². The minimum Gasteiger partial charge on any atom is -0.486 e. The van der Waals surface area contributed by atoms with E-state index in [4.69, 9.17) is 9.47 Å². The van der Waals surface area contributed by atoms with Crippen molar-refractivity contribution in [2.24, 2.45) is 0 Å². The smallest absolute Gasteiger partial charge is 0.254 e. The summed E-state index contributed by atoms with van der Waals surface area (Å²) in [5.74, 6) is 1.17. The molecular weight excluding hydrogens is 408 g/mol. The lowest BCUT2D eigenvalue weighted by molar-refractivity contribution is -0.116. The fourth-order valence-corrected chi connectivity index (χ4v) is 3.58. The van der Waals surface area contributed by atoms with E-state index in [9.17, 15) is 9.59 Å². The first-order valence-corrected chi connectivity index (χ1v) is 10.7. The summed E-state index contributed by atoms with van der Waals surface area (Å²) in [7, 11) is 0. The number of anilines is 1. The molecule has 0 radical (unpaired) electrons. The number of hydrogen-bond acceptors (Lipinski definition) is 5. The molecule has 0 atom stereocenters. The second kappa shape index (κ2) is 10.00. The van der Waals surface area contributed by atoms with Gasteiger partial charge in [0.25, 0.3) is 5.91 Å². The predicted octanol–water partition coefficient (Wildman–Crippen LogP) is 3.35. The molecule has 4 rings (SSSR count). The quantitative estimate of drug-likeness (QED) is 0.588. The zero-order valence-electron chi connectivity index (χ0n) is 18.0. The molecule has 0 aliphatic carbocycles. The normalized spacial score (nSPS) is 12.3. The number of benzene rings is 2. The SMILES string of the molecule is CCN(Cc1cccc2c1OCCO2)C(=O)c1cccc(NC(=O)CCn2ccnc2)c1. The van der Waals surface area contributed by atoms with Crippen molar-refractivity contribution in [3.8, 4) is 11.5 Å². The van der Waals surface area contributed by atoms with Crippen LogP contribution in [0.25, 0.3) is 0 Å². The maximum absolute atomic E-state index is 13.2. The van der Waals surface area contributed by atoms with Crippen molar-refractivity contribution in [2.45, 2.75) is 26.4 Å². The van der Waals surface area contributed by atoms with E-state index in [1.165, 1.54) is 0 Å². The van der Waals surface area contributed by atoms with E-state index >= 15 is 0 Å². The van der Waals surface area contributed by atoms with Gasteiger partial charge in [0.15, 0.2) is 11.5 Å². The number of carbonyl (C=O) groups is 2. The molecule has 2 amide bonds. The number of para-hydroxylation sites is 1. The van der Waals surface area contributed by atoms with E-state index in [-0.39, 0.29) is 11.8 Å². The van der Waals surface area contributed by atoms with Gasteiger partial charge in [-0.05, 0) is 31.2 Å². The minimum atomic E-state index is -0.122. The van der Waals surface area contributed by atoms with Crippen LogP contribution in [0.3, 0.4) is 0 Å². The van der Waals surface area contributed by atoms with Crippen LogP contribution in [0.2, 0.25) is 0 Å². The fraction of sp³-hybridized carbons (Fsp3) is 0.292. The number of fused-ring (bicyclic) bond motifs is 1. The first-order valence-electron chi connectivity index (χ1n) is 10.7. The van der Waals surface area contributed by atoms with Crippen LogP contribution in [0.15, 0.2) is 61.2 Å². The van der Waals surface area contributed by atoms with Crippen molar-refractivity contribution >= 4 is 17.5 Å². The van der Waals surface area contributed by atoms with Crippen LogP contribution in [-0.4, -0.2) is 46.0 Å². The lowest BCUT2D eigenvalue weighted by Gasteiger charge is -2.25. The van der Waals surface area contributed by atoms with Crippen LogP contribution in [-0.2, 0) is 17.9 Å². The summed E-state index contributed by atoms with van der Waals surface area (Å²) >= 11 is 0. The van der Waals surface area contributed by atoms with Crippen LogP contribution in [0, 0.1) is 0 Å². The summed E-state index contributed by atoms with van der Waals surface area (Å²) in [6, 6.07) is 12.7. The number of nitrogens with zero attached hydrogens (tertiary/aromatic N) is 3. The van der Waals surface area contributed by atoms with Gasteiger partial charge in [-0.15, -0.1) is 0 Å². The number of ether oxygens (including phenoxy) is 2. The number of imidazole rings is 1.